The lowest BCUT2D eigenvalue weighted by atomic mass is 10.2. The molecule has 1 aliphatic rings. The molecular formula is C13H18ClN3O2S. The lowest BCUT2D eigenvalue weighted by Crippen LogP contribution is -2.44. The number of hydrogen-bond acceptors (Lipinski definition) is 4. The van der Waals surface area contributed by atoms with Crippen molar-refractivity contribution in [2.75, 3.05) is 37.3 Å². The number of nitrogens with zero attached hydrogens (tertiary/aromatic N) is 1. The molecule has 0 fully saturated rings. The van der Waals surface area contributed by atoms with E-state index in [-0.39, 0.29) is 30.8 Å². The minimum atomic E-state index is -0.134. The van der Waals surface area contributed by atoms with Crippen molar-refractivity contribution in [3.05, 3.63) is 24.3 Å². The molecule has 0 saturated carbocycles. The largest absolute Gasteiger partial charge is 0.353 e. The van der Waals surface area contributed by atoms with Gasteiger partial charge in [0.05, 0.1) is 11.4 Å². The normalized spacial score (nSPS) is 13.4. The van der Waals surface area contributed by atoms with E-state index < -0.39 is 0 Å². The van der Waals surface area contributed by atoms with E-state index in [0.29, 0.717) is 18.8 Å². The molecule has 2 rings (SSSR count). The van der Waals surface area contributed by atoms with Gasteiger partial charge in [0, 0.05) is 18.0 Å². The van der Waals surface area contributed by atoms with E-state index in [1.807, 2.05) is 31.3 Å². The Bertz CT molecular complexity index is 484. The van der Waals surface area contributed by atoms with Crippen molar-refractivity contribution in [1.82, 2.24) is 10.6 Å². The molecule has 0 atom stereocenters. The van der Waals surface area contributed by atoms with Gasteiger partial charge in [0.15, 0.2) is 0 Å². The summed E-state index contributed by atoms with van der Waals surface area (Å²) in [5.41, 5.74) is 0.826. The maximum Gasteiger partial charge on any atom is 0.240 e. The highest BCUT2D eigenvalue weighted by Crippen LogP contribution is 2.34. The SMILES string of the molecule is CNCCNC(=O)CN1C(=O)CSc2ccccc21.Cl. The van der Waals surface area contributed by atoms with E-state index in [0.717, 1.165) is 10.6 Å². The third-order valence-corrected chi connectivity index (χ3v) is 3.85. The zero-order chi connectivity index (χ0) is 13.7. The monoisotopic (exact) mass is 315 g/mol. The quantitative estimate of drug-likeness (QED) is 0.792. The van der Waals surface area contributed by atoms with Crippen molar-refractivity contribution in [1.29, 1.82) is 0 Å². The number of thioether (sulfide) groups is 1. The fourth-order valence-electron chi connectivity index (χ4n) is 1.85. The Morgan fingerprint density at radius 1 is 1.35 bits per heavy atom. The molecule has 1 aliphatic heterocycles. The number of para-hydroxylation sites is 1. The molecule has 0 unspecified atom stereocenters. The van der Waals surface area contributed by atoms with Gasteiger partial charge in [-0.15, -0.1) is 24.2 Å². The Balaban J connectivity index is 0.00000200. The first kappa shape index (κ1) is 16.8. The molecule has 2 N–H and O–H groups in total. The fourth-order valence-corrected chi connectivity index (χ4v) is 2.79. The van der Waals surface area contributed by atoms with Gasteiger partial charge in [-0.25, -0.2) is 0 Å². The Labute approximate surface area is 128 Å². The summed E-state index contributed by atoms with van der Waals surface area (Å²) >= 11 is 1.52. The van der Waals surface area contributed by atoms with Crippen LogP contribution in [0.2, 0.25) is 0 Å². The lowest BCUT2D eigenvalue weighted by molar-refractivity contribution is -0.122. The van der Waals surface area contributed by atoms with Gasteiger partial charge in [0.2, 0.25) is 11.8 Å². The van der Waals surface area contributed by atoms with Gasteiger partial charge < -0.3 is 15.5 Å². The van der Waals surface area contributed by atoms with E-state index in [9.17, 15) is 9.59 Å². The summed E-state index contributed by atoms with van der Waals surface area (Å²) in [7, 11) is 1.83. The summed E-state index contributed by atoms with van der Waals surface area (Å²) in [6.45, 7) is 1.36. The Morgan fingerprint density at radius 2 is 2.10 bits per heavy atom. The number of hydrogen-bond donors (Lipinski definition) is 2. The van der Waals surface area contributed by atoms with Crippen molar-refractivity contribution in [3.63, 3.8) is 0 Å². The second-order valence-electron chi connectivity index (χ2n) is 4.19. The summed E-state index contributed by atoms with van der Waals surface area (Å²) in [6.07, 6.45) is 0. The maximum absolute atomic E-state index is 11.9. The number of rotatable bonds is 5. The molecule has 0 saturated heterocycles. The second kappa shape index (κ2) is 8.14. The lowest BCUT2D eigenvalue weighted by Gasteiger charge is -2.28. The van der Waals surface area contributed by atoms with E-state index in [2.05, 4.69) is 10.6 Å². The first-order valence-electron chi connectivity index (χ1n) is 6.16. The van der Waals surface area contributed by atoms with E-state index >= 15 is 0 Å². The van der Waals surface area contributed by atoms with Crippen LogP contribution in [-0.2, 0) is 9.59 Å². The zero-order valence-electron chi connectivity index (χ0n) is 11.2. The van der Waals surface area contributed by atoms with Gasteiger partial charge in [0.1, 0.15) is 6.54 Å². The second-order valence-corrected chi connectivity index (χ2v) is 5.21. The summed E-state index contributed by atoms with van der Waals surface area (Å²) < 4.78 is 0. The van der Waals surface area contributed by atoms with Gasteiger partial charge in [-0.3, -0.25) is 9.59 Å². The van der Waals surface area contributed by atoms with Crippen LogP contribution in [0.3, 0.4) is 0 Å². The van der Waals surface area contributed by atoms with Crippen molar-refractivity contribution in [2.24, 2.45) is 0 Å². The molecule has 0 spiro atoms. The molecule has 0 aromatic heterocycles. The Morgan fingerprint density at radius 3 is 2.85 bits per heavy atom. The van der Waals surface area contributed by atoms with Gasteiger partial charge in [-0.05, 0) is 19.2 Å². The molecule has 0 bridgehead atoms. The molecule has 20 heavy (non-hydrogen) atoms. The van der Waals surface area contributed by atoms with Crippen molar-refractivity contribution in [3.8, 4) is 0 Å². The van der Waals surface area contributed by atoms with Gasteiger partial charge in [-0.1, -0.05) is 12.1 Å². The van der Waals surface area contributed by atoms with Crippen LogP contribution < -0.4 is 15.5 Å². The third kappa shape index (κ3) is 4.13. The average Bonchev–Trinajstić information content (AvgIpc) is 2.42. The molecule has 1 heterocycles. The van der Waals surface area contributed by atoms with Crippen molar-refractivity contribution >= 4 is 41.7 Å². The third-order valence-electron chi connectivity index (χ3n) is 2.81. The molecule has 5 nitrogen and oxygen atoms in total. The van der Waals surface area contributed by atoms with Crippen LogP contribution in [0.4, 0.5) is 5.69 Å². The summed E-state index contributed by atoms with van der Waals surface area (Å²) in [4.78, 5) is 26.3. The number of fused-ring (bicyclic) bond motifs is 1. The van der Waals surface area contributed by atoms with Crippen LogP contribution in [0.1, 0.15) is 0 Å². The van der Waals surface area contributed by atoms with Gasteiger partial charge in [-0.2, -0.15) is 0 Å². The van der Waals surface area contributed by atoms with E-state index in [1.54, 1.807) is 4.90 Å². The Kier molecular flexibility index (Phi) is 6.84. The summed E-state index contributed by atoms with van der Waals surface area (Å²) in [5.74, 6) is 0.235. The number of carbonyl (C=O) groups excluding carboxylic acids is 2. The van der Waals surface area contributed by atoms with Gasteiger partial charge >= 0.3 is 0 Å². The molecule has 1 aromatic rings. The average molecular weight is 316 g/mol. The topological polar surface area (TPSA) is 61.4 Å². The number of halogens is 1. The van der Waals surface area contributed by atoms with Crippen LogP contribution in [0.15, 0.2) is 29.2 Å². The van der Waals surface area contributed by atoms with E-state index in [4.69, 9.17) is 0 Å². The molecule has 110 valence electrons. The number of amides is 2. The highest BCUT2D eigenvalue weighted by Gasteiger charge is 2.25. The van der Waals surface area contributed by atoms with Crippen LogP contribution >= 0.6 is 24.2 Å². The van der Waals surface area contributed by atoms with Crippen molar-refractivity contribution < 1.29 is 9.59 Å². The minimum Gasteiger partial charge on any atom is -0.353 e. The molecular weight excluding hydrogens is 298 g/mol. The molecule has 2 amide bonds. The molecule has 7 heteroatoms. The van der Waals surface area contributed by atoms with Crippen LogP contribution in [0, 0.1) is 0 Å². The summed E-state index contributed by atoms with van der Waals surface area (Å²) in [5, 5.41) is 5.73. The number of anilines is 1. The van der Waals surface area contributed by atoms with E-state index in [1.165, 1.54) is 11.8 Å². The maximum atomic E-state index is 11.9. The minimum absolute atomic E-state index is 0. The number of benzene rings is 1. The summed E-state index contributed by atoms with van der Waals surface area (Å²) in [6, 6.07) is 7.66. The predicted octanol–water partition coefficient (Wildman–Crippen LogP) is 0.883. The number of nitrogens with one attached hydrogen (secondary N) is 2. The van der Waals surface area contributed by atoms with Crippen LogP contribution in [0.25, 0.3) is 0 Å². The Hall–Kier alpha value is -1.24. The number of likely N-dealkylation sites (N-methyl/N-ethyl adjacent to an activating group) is 1. The fraction of sp³-hybridized carbons (Fsp3) is 0.385. The molecule has 0 radical (unpaired) electrons. The molecule has 0 aliphatic carbocycles. The molecule has 1 aromatic carbocycles. The van der Waals surface area contributed by atoms with Crippen LogP contribution in [0.5, 0.6) is 0 Å². The van der Waals surface area contributed by atoms with Crippen molar-refractivity contribution in [2.45, 2.75) is 4.90 Å². The number of carbonyl (C=O) groups is 2. The smallest absolute Gasteiger partial charge is 0.240 e. The van der Waals surface area contributed by atoms with Crippen LogP contribution in [-0.4, -0.2) is 44.2 Å². The first-order valence-corrected chi connectivity index (χ1v) is 7.14. The predicted molar refractivity (Wildman–Crippen MR) is 83.7 cm³/mol. The highest BCUT2D eigenvalue weighted by atomic mass is 35.5. The highest BCUT2D eigenvalue weighted by molar-refractivity contribution is 8.00. The first-order chi connectivity index (χ1) is 9.22. The van der Waals surface area contributed by atoms with Gasteiger partial charge in [0.25, 0.3) is 0 Å². The zero-order valence-corrected chi connectivity index (χ0v) is 12.9. The standard InChI is InChI=1S/C13H17N3O2S.ClH/c1-14-6-7-15-12(17)8-16-10-4-2-3-5-11(10)19-9-13(16)18;/h2-5,14H,6-9H2,1H3,(H,15,17);1H.